The Bertz CT molecular complexity index is 553. The lowest BCUT2D eigenvalue weighted by molar-refractivity contribution is 0.0585. The van der Waals surface area contributed by atoms with Gasteiger partial charge in [-0.3, -0.25) is 0 Å². The van der Waals surface area contributed by atoms with Crippen LogP contribution in [-0.2, 0) is 27.1 Å². The van der Waals surface area contributed by atoms with Gasteiger partial charge in [0.25, 0.3) is 0 Å². The maximum absolute atomic E-state index is 12.2. The highest BCUT2D eigenvalue weighted by molar-refractivity contribution is 7.88. The Morgan fingerprint density at radius 1 is 1.33 bits per heavy atom. The van der Waals surface area contributed by atoms with Crippen LogP contribution in [0.4, 0.5) is 0 Å². The van der Waals surface area contributed by atoms with Crippen molar-refractivity contribution in [2.45, 2.75) is 38.2 Å². The minimum atomic E-state index is -3.38. The van der Waals surface area contributed by atoms with E-state index in [2.05, 4.69) is 4.72 Å². The molecule has 2 N–H and O–H groups in total. The minimum absolute atomic E-state index is 0.0611. The van der Waals surface area contributed by atoms with Gasteiger partial charge in [-0.25, -0.2) is 13.1 Å². The van der Waals surface area contributed by atoms with Crippen LogP contribution in [0.2, 0.25) is 0 Å². The molecule has 1 saturated heterocycles. The van der Waals surface area contributed by atoms with Crippen LogP contribution >= 0.6 is 0 Å². The van der Waals surface area contributed by atoms with Crippen LogP contribution in [-0.4, -0.2) is 32.8 Å². The quantitative estimate of drug-likeness (QED) is 0.833. The van der Waals surface area contributed by atoms with Crippen LogP contribution in [0, 0.1) is 5.92 Å². The number of hydrogen-bond donors (Lipinski definition) is 2. The van der Waals surface area contributed by atoms with Gasteiger partial charge in [0.15, 0.2) is 0 Å². The molecule has 6 heteroatoms. The van der Waals surface area contributed by atoms with Gasteiger partial charge in [0.05, 0.1) is 12.4 Å². The predicted molar refractivity (Wildman–Crippen MR) is 81.1 cm³/mol. The summed E-state index contributed by atoms with van der Waals surface area (Å²) < 4.78 is 32.6. The van der Waals surface area contributed by atoms with Gasteiger partial charge in [0.1, 0.15) is 0 Å². The highest BCUT2D eigenvalue weighted by Crippen LogP contribution is 2.19. The standard InChI is InChI=1S/C15H23NO4S/c1-12(15-5-7-20-8-6-15)16-21(18,19)11-14-4-2-3-13(9-14)10-17/h2-4,9,12,15-17H,5-8,10-11H2,1H3. The summed E-state index contributed by atoms with van der Waals surface area (Å²) in [7, 11) is -3.38. The van der Waals surface area contributed by atoms with E-state index in [1.54, 1.807) is 24.3 Å². The molecule has 5 nitrogen and oxygen atoms in total. The van der Waals surface area contributed by atoms with Crippen LogP contribution in [0.25, 0.3) is 0 Å². The molecule has 0 spiro atoms. The lowest BCUT2D eigenvalue weighted by Gasteiger charge is -2.28. The summed E-state index contributed by atoms with van der Waals surface area (Å²) >= 11 is 0. The molecule has 0 radical (unpaired) electrons. The summed E-state index contributed by atoms with van der Waals surface area (Å²) in [5, 5.41) is 9.10. The molecule has 2 rings (SSSR count). The van der Waals surface area contributed by atoms with Crippen molar-refractivity contribution in [1.29, 1.82) is 0 Å². The molecular formula is C15H23NO4S. The smallest absolute Gasteiger partial charge is 0.216 e. The molecule has 1 aliphatic heterocycles. The molecule has 1 fully saturated rings. The Hall–Kier alpha value is -0.950. The average Bonchev–Trinajstić information content (AvgIpc) is 2.47. The fraction of sp³-hybridized carbons (Fsp3) is 0.600. The summed E-state index contributed by atoms with van der Waals surface area (Å²) in [6.07, 6.45) is 1.79. The number of rotatable bonds is 6. The summed E-state index contributed by atoms with van der Waals surface area (Å²) in [5.41, 5.74) is 1.41. The van der Waals surface area contributed by atoms with Gasteiger partial charge in [-0.05, 0) is 36.8 Å². The zero-order valence-corrected chi connectivity index (χ0v) is 13.1. The van der Waals surface area contributed by atoms with E-state index in [0.717, 1.165) is 18.4 Å². The summed E-state index contributed by atoms with van der Waals surface area (Å²) in [4.78, 5) is 0. The topological polar surface area (TPSA) is 75.6 Å². The summed E-state index contributed by atoms with van der Waals surface area (Å²) in [6.45, 7) is 3.24. The van der Waals surface area contributed by atoms with Gasteiger partial charge < -0.3 is 9.84 Å². The van der Waals surface area contributed by atoms with Gasteiger partial charge in [0, 0.05) is 19.3 Å². The maximum atomic E-state index is 12.2. The van der Waals surface area contributed by atoms with E-state index in [0.29, 0.717) is 24.7 Å². The molecule has 1 aromatic carbocycles. The third kappa shape index (κ3) is 5.07. The molecule has 1 heterocycles. The fourth-order valence-electron chi connectivity index (χ4n) is 2.67. The van der Waals surface area contributed by atoms with Gasteiger partial charge in [0.2, 0.25) is 10.0 Å². The van der Waals surface area contributed by atoms with Crippen molar-refractivity contribution in [3.8, 4) is 0 Å². The van der Waals surface area contributed by atoms with Crippen molar-refractivity contribution >= 4 is 10.0 Å². The van der Waals surface area contributed by atoms with Gasteiger partial charge in [-0.1, -0.05) is 24.3 Å². The molecule has 0 aromatic heterocycles. The number of hydrogen-bond acceptors (Lipinski definition) is 4. The Kier molecular flexibility index (Phi) is 5.75. The number of benzene rings is 1. The van der Waals surface area contributed by atoms with Crippen molar-refractivity contribution in [2.75, 3.05) is 13.2 Å². The van der Waals surface area contributed by atoms with E-state index >= 15 is 0 Å². The molecule has 118 valence electrons. The van der Waals surface area contributed by atoms with Crippen LogP contribution in [0.5, 0.6) is 0 Å². The molecule has 1 atom stereocenters. The van der Waals surface area contributed by atoms with E-state index in [4.69, 9.17) is 9.84 Å². The first-order valence-corrected chi connectivity index (χ1v) is 8.92. The normalized spacial score (nSPS) is 18.6. The van der Waals surface area contributed by atoms with Crippen molar-refractivity contribution in [3.63, 3.8) is 0 Å². The van der Waals surface area contributed by atoms with E-state index < -0.39 is 10.0 Å². The summed E-state index contributed by atoms with van der Waals surface area (Å²) in [5.74, 6) is 0.270. The molecule has 0 aliphatic carbocycles. The zero-order valence-electron chi connectivity index (χ0n) is 12.3. The lowest BCUT2D eigenvalue weighted by atomic mass is 9.94. The van der Waals surface area contributed by atoms with E-state index in [9.17, 15) is 8.42 Å². The largest absolute Gasteiger partial charge is 0.392 e. The van der Waals surface area contributed by atoms with E-state index in [1.807, 2.05) is 6.92 Å². The Labute approximate surface area is 126 Å². The van der Waals surface area contributed by atoms with Crippen LogP contribution in [0.15, 0.2) is 24.3 Å². The first kappa shape index (κ1) is 16.4. The SMILES string of the molecule is CC(NS(=O)(=O)Cc1cccc(CO)c1)C1CCOCC1. The molecule has 0 amide bonds. The third-order valence-electron chi connectivity index (χ3n) is 3.87. The molecule has 0 bridgehead atoms. The molecular weight excluding hydrogens is 290 g/mol. The Morgan fingerprint density at radius 2 is 2.00 bits per heavy atom. The molecule has 1 unspecified atom stereocenters. The lowest BCUT2D eigenvalue weighted by Crippen LogP contribution is -2.40. The average molecular weight is 313 g/mol. The Morgan fingerprint density at radius 3 is 2.67 bits per heavy atom. The minimum Gasteiger partial charge on any atom is -0.392 e. The second-order valence-electron chi connectivity index (χ2n) is 5.59. The zero-order chi connectivity index (χ0) is 15.3. The summed E-state index contributed by atoms with van der Waals surface area (Å²) in [6, 6.07) is 6.93. The van der Waals surface area contributed by atoms with Crippen molar-refractivity contribution in [2.24, 2.45) is 5.92 Å². The van der Waals surface area contributed by atoms with Crippen molar-refractivity contribution in [1.82, 2.24) is 4.72 Å². The fourth-order valence-corrected chi connectivity index (χ4v) is 4.13. The third-order valence-corrected chi connectivity index (χ3v) is 5.31. The number of aliphatic hydroxyl groups excluding tert-OH is 1. The maximum Gasteiger partial charge on any atom is 0.216 e. The molecule has 1 aliphatic rings. The number of sulfonamides is 1. The molecule has 1 aromatic rings. The number of aliphatic hydroxyl groups is 1. The molecule has 21 heavy (non-hydrogen) atoms. The second-order valence-corrected chi connectivity index (χ2v) is 7.35. The van der Waals surface area contributed by atoms with E-state index in [1.165, 1.54) is 0 Å². The predicted octanol–water partition coefficient (Wildman–Crippen LogP) is 1.41. The van der Waals surface area contributed by atoms with Crippen molar-refractivity contribution in [3.05, 3.63) is 35.4 Å². The first-order valence-electron chi connectivity index (χ1n) is 7.26. The van der Waals surface area contributed by atoms with Gasteiger partial charge in [-0.2, -0.15) is 0 Å². The van der Waals surface area contributed by atoms with Gasteiger partial charge >= 0.3 is 0 Å². The Balaban J connectivity index is 1.97. The highest BCUT2D eigenvalue weighted by atomic mass is 32.2. The van der Waals surface area contributed by atoms with Crippen LogP contribution in [0.3, 0.4) is 0 Å². The molecule has 0 saturated carbocycles. The van der Waals surface area contributed by atoms with Crippen LogP contribution in [0.1, 0.15) is 30.9 Å². The van der Waals surface area contributed by atoms with Crippen molar-refractivity contribution < 1.29 is 18.3 Å². The highest BCUT2D eigenvalue weighted by Gasteiger charge is 2.24. The van der Waals surface area contributed by atoms with Crippen LogP contribution < -0.4 is 4.72 Å². The second kappa shape index (κ2) is 7.35. The number of nitrogens with one attached hydrogen (secondary N) is 1. The number of ether oxygens (including phenoxy) is 1. The van der Waals surface area contributed by atoms with E-state index in [-0.39, 0.29) is 18.4 Å². The first-order chi connectivity index (χ1) is 10.00. The van der Waals surface area contributed by atoms with Gasteiger partial charge in [-0.15, -0.1) is 0 Å². The monoisotopic (exact) mass is 313 g/mol.